The Balaban J connectivity index is 1.83. The molecule has 0 N–H and O–H groups in total. The highest BCUT2D eigenvalue weighted by molar-refractivity contribution is 6.30. The van der Waals surface area contributed by atoms with Crippen molar-refractivity contribution in [2.75, 3.05) is 19.6 Å². The fourth-order valence-electron chi connectivity index (χ4n) is 4.38. The predicted octanol–water partition coefficient (Wildman–Crippen LogP) is 5.59. The van der Waals surface area contributed by atoms with E-state index >= 15 is 0 Å². The van der Waals surface area contributed by atoms with Gasteiger partial charge in [0.1, 0.15) is 5.82 Å². The van der Waals surface area contributed by atoms with Crippen LogP contribution in [0.1, 0.15) is 44.7 Å². The normalized spacial score (nSPS) is 19.6. The molecule has 5 heteroatoms. The SMILES string of the molecule is CC(C)C(=O)N(C[C@@H]1CN(Cc2ccc(Cl)cc2)C[C@H]1c1cccc(F)c1)C(C)C. The van der Waals surface area contributed by atoms with E-state index in [1.165, 1.54) is 11.6 Å². The maximum Gasteiger partial charge on any atom is 0.225 e. The van der Waals surface area contributed by atoms with Gasteiger partial charge in [-0.25, -0.2) is 4.39 Å². The van der Waals surface area contributed by atoms with Gasteiger partial charge < -0.3 is 4.90 Å². The van der Waals surface area contributed by atoms with E-state index < -0.39 is 0 Å². The van der Waals surface area contributed by atoms with Gasteiger partial charge in [-0.05, 0) is 55.2 Å². The van der Waals surface area contributed by atoms with Gasteiger partial charge in [-0.3, -0.25) is 9.69 Å². The third kappa shape index (κ3) is 5.61. The summed E-state index contributed by atoms with van der Waals surface area (Å²) >= 11 is 6.02. The number of carbonyl (C=O) groups excluding carboxylic acids is 1. The van der Waals surface area contributed by atoms with Crippen LogP contribution in [-0.2, 0) is 11.3 Å². The average molecular weight is 431 g/mol. The zero-order valence-electron chi connectivity index (χ0n) is 18.3. The number of hydrogen-bond donors (Lipinski definition) is 0. The lowest BCUT2D eigenvalue weighted by atomic mass is 9.88. The molecule has 2 aromatic carbocycles. The molecule has 3 nitrogen and oxygen atoms in total. The van der Waals surface area contributed by atoms with E-state index in [1.807, 2.05) is 36.9 Å². The Morgan fingerprint density at radius 1 is 1.13 bits per heavy atom. The summed E-state index contributed by atoms with van der Waals surface area (Å²) in [6, 6.07) is 15.0. The molecule has 1 amide bonds. The topological polar surface area (TPSA) is 23.6 Å². The summed E-state index contributed by atoms with van der Waals surface area (Å²) in [5.41, 5.74) is 2.22. The number of nitrogens with zero attached hydrogens (tertiary/aromatic N) is 2. The quantitative estimate of drug-likeness (QED) is 0.571. The monoisotopic (exact) mass is 430 g/mol. The van der Waals surface area contributed by atoms with E-state index in [9.17, 15) is 9.18 Å². The molecule has 1 heterocycles. The number of hydrogen-bond acceptors (Lipinski definition) is 2. The van der Waals surface area contributed by atoms with Crippen LogP contribution in [-0.4, -0.2) is 41.4 Å². The first kappa shape index (κ1) is 22.8. The molecule has 0 aliphatic carbocycles. The zero-order valence-corrected chi connectivity index (χ0v) is 19.1. The number of carbonyl (C=O) groups is 1. The first-order valence-corrected chi connectivity index (χ1v) is 11.1. The van der Waals surface area contributed by atoms with Crippen molar-refractivity contribution >= 4 is 17.5 Å². The van der Waals surface area contributed by atoms with Crippen molar-refractivity contribution in [3.8, 4) is 0 Å². The van der Waals surface area contributed by atoms with E-state index in [0.29, 0.717) is 6.54 Å². The van der Waals surface area contributed by atoms with Gasteiger partial charge in [0, 0.05) is 49.1 Å². The molecule has 1 aliphatic rings. The van der Waals surface area contributed by atoms with Crippen molar-refractivity contribution in [2.45, 2.75) is 46.2 Å². The van der Waals surface area contributed by atoms with E-state index in [-0.39, 0.29) is 35.5 Å². The highest BCUT2D eigenvalue weighted by Gasteiger charge is 2.36. The molecular weight excluding hydrogens is 399 g/mol. The predicted molar refractivity (Wildman–Crippen MR) is 121 cm³/mol. The Labute approximate surface area is 184 Å². The van der Waals surface area contributed by atoms with Crippen LogP contribution in [0.4, 0.5) is 4.39 Å². The Kier molecular flexibility index (Phi) is 7.54. The second-order valence-corrected chi connectivity index (χ2v) is 9.42. The van der Waals surface area contributed by atoms with E-state index in [4.69, 9.17) is 11.6 Å². The fraction of sp³-hybridized carbons (Fsp3) is 0.480. The van der Waals surface area contributed by atoms with Gasteiger partial charge in [0.25, 0.3) is 0 Å². The van der Waals surface area contributed by atoms with Crippen LogP contribution in [0.5, 0.6) is 0 Å². The summed E-state index contributed by atoms with van der Waals surface area (Å²) in [6.07, 6.45) is 0. The summed E-state index contributed by atoms with van der Waals surface area (Å²) in [5, 5.41) is 0.732. The van der Waals surface area contributed by atoms with Gasteiger partial charge in [0.15, 0.2) is 0 Å². The van der Waals surface area contributed by atoms with Crippen LogP contribution in [0.3, 0.4) is 0 Å². The molecule has 0 saturated carbocycles. The minimum Gasteiger partial charge on any atom is -0.340 e. The Hall–Kier alpha value is -1.91. The molecule has 1 fully saturated rings. The Morgan fingerprint density at radius 3 is 2.43 bits per heavy atom. The van der Waals surface area contributed by atoms with Gasteiger partial charge in [-0.15, -0.1) is 0 Å². The Bertz CT molecular complexity index is 852. The third-order valence-electron chi connectivity index (χ3n) is 5.94. The average Bonchev–Trinajstić information content (AvgIpc) is 3.09. The highest BCUT2D eigenvalue weighted by atomic mass is 35.5. The largest absolute Gasteiger partial charge is 0.340 e. The number of likely N-dealkylation sites (tertiary alicyclic amines) is 1. The standard InChI is InChI=1S/C25H32ClFN2O/c1-17(2)25(30)29(18(3)4)15-21-14-28(13-19-8-10-22(26)11-9-19)16-24(21)20-6-5-7-23(27)12-20/h5-12,17-18,21,24H,13-16H2,1-4H3/t21-,24-/m0/s1. The van der Waals surface area contributed by atoms with Crippen LogP contribution < -0.4 is 0 Å². The second kappa shape index (κ2) is 9.93. The van der Waals surface area contributed by atoms with Crippen LogP contribution in [0.15, 0.2) is 48.5 Å². The van der Waals surface area contributed by atoms with Crippen molar-refractivity contribution in [2.24, 2.45) is 11.8 Å². The van der Waals surface area contributed by atoms with Crippen molar-refractivity contribution in [3.05, 3.63) is 70.5 Å². The van der Waals surface area contributed by atoms with Crippen LogP contribution >= 0.6 is 11.6 Å². The summed E-state index contributed by atoms with van der Waals surface area (Å²) in [5.74, 6) is 0.380. The maximum atomic E-state index is 14.0. The number of benzene rings is 2. The van der Waals surface area contributed by atoms with Crippen LogP contribution in [0, 0.1) is 17.7 Å². The van der Waals surface area contributed by atoms with E-state index in [0.717, 1.165) is 30.2 Å². The molecule has 0 bridgehead atoms. The minimum atomic E-state index is -0.207. The molecule has 0 unspecified atom stereocenters. The summed E-state index contributed by atoms with van der Waals surface area (Å²) < 4.78 is 14.0. The van der Waals surface area contributed by atoms with Crippen LogP contribution in [0.25, 0.3) is 0 Å². The number of amides is 1. The van der Waals surface area contributed by atoms with E-state index in [2.05, 4.69) is 30.9 Å². The number of halogens is 2. The molecule has 30 heavy (non-hydrogen) atoms. The van der Waals surface area contributed by atoms with Crippen molar-refractivity contribution < 1.29 is 9.18 Å². The van der Waals surface area contributed by atoms with Crippen molar-refractivity contribution in [1.82, 2.24) is 9.80 Å². The molecular formula is C25H32ClFN2O. The summed E-state index contributed by atoms with van der Waals surface area (Å²) in [7, 11) is 0. The molecule has 1 aliphatic heterocycles. The molecule has 3 rings (SSSR count). The molecule has 162 valence electrons. The first-order chi connectivity index (χ1) is 14.2. The lowest BCUT2D eigenvalue weighted by molar-refractivity contribution is -0.136. The first-order valence-electron chi connectivity index (χ1n) is 10.8. The molecule has 2 aromatic rings. The number of rotatable bonds is 7. The summed E-state index contributed by atoms with van der Waals surface area (Å²) in [4.78, 5) is 17.2. The second-order valence-electron chi connectivity index (χ2n) is 8.98. The Morgan fingerprint density at radius 2 is 1.83 bits per heavy atom. The molecule has 0 spiro atoms. The van der Waals surface area contributed by atoms with Gasteiger partial charge in [-0.2, -0.15) is 0 Å². The molecule has 0 aromatic heterocycles. The lowest BCUT2D eigenvalue weighted by Gasteiger charge is -2.33. The zero-order chi connectivity index (χ0) is 21.8. The van der Waals surface area contributed by atoms with Crippen molar-refractivity contribution in [1.29, 1.82) is 0 Å². The highest BCUT2D eigenvalue weighted by Crippen LogP contribution is 2.35. The minimum absolute atomic E-state index is 0.0356. The maximum absolute atomic E-state index is 14.0. The third-order valence-corrected chi connectivity index (χ3v) is 6.20. The van der Waals surface area contributed by atoms with Gasteiger partial charge in [-0.1, -0.05) is 49.7 Å². The van der Waals surface area contributed by atoms with Gasteiger partial charge in [0.05, 0.1) is 0 Å². The van der Waals surface area contributed by atoms with Gasteiger partial charge >= 0.3 is 0 Å². The fourth-order valence-corrected chi connectivity index (χ4v) is 4.50. The summed E-state index contributed by atoms with van der Waals surface area (Å²) in [6.45, 7) is 11.3. The van der Waals surface area contributed by atoms with Crippen molar-refractivity contribution in [3.63, 3.8) is 0 Å². The molecule has 0 radical (unpaired) electrons. The molecule has 2 atom stereocenters. The lowest BCUT2D eigenvalue weighted by Crippen LogP contribution is -2.43. The van der Waals surface area contributed by atoms with Gasteiger partial charge in [0.2, 0.25) is 5.91 Å². The molecule has 1 saturated heterocycles. The van der Waals surface area contributed by atoms with E-state index in [1.54, 1.807) is 12.1 Å². The smallest absolute Gasteiger partial charge is 0.225 e. The van der Waals surface area contributed by atoms with Crippen LogP contribution in [0.2, 0.25) is 5.02 Å².